The third kappa shape index (κ3) is 6.11. The Labute approximate surface area is 101 Å². The van der Waals surface area contributed by atoms with Crippen LogP contribution in [0.1, 0.15) is 53.9 Å². The topological polar surface area (TPSA) is 32.3 Å². The van der Waals surface area contributed by atoms with Gasteiger partial charge in [-0.15, -0.1) is 0 Å². The SMILES string of the molecule is CCC(C)N(CC)C(=O)CCCNC(C)C. The quantitative estimate of drug-likeness (QED) is 0.647. The van der Waals surface area contributed by atoms with Gasteiger partial charge in [0.25, 0.3) is 0 Å². The largest absolute Gasteiger partial charge is 0.340 e. The number of nitrogens with one attached hydrogen (secondary N) is 1. The fourth-order valence-corrected chi connectivity index (χ4v) is 1.73. The van der Waals surface area contributed by atoms with Gasteiger partial charge in [-0.1, -0.05) is 20.8 Å². The first-order valence-electron chi connectivity index (χ1n) is 6.55. The van der Waals surface area contributed by atoms with Crippen LogP contribution >= 0.6 is 0 Å². The van der Waals surface area contributed by atoms with Crippen molar-refractivity contribution in [3.8, 4) is 0 Å². The normalized spacial score (nSPS) is 12.9. The highest BCUT2D eigenvalue weighted by Crippen LogP contribution is 2.06. The van der Waals surface area contributed by atoms with Crippen molar-refractivity contribution < 1.29 is 4.79 Å². The first kappa shape index (κ1) is 15.4. The number of hydrogen-bond acceptors (Lipinski definition) is 2. The molecule has 0 aliphatic rings. The summed E-state index contributed by atoms with van der Waals surface area (Å²) in [7, 11) is 0. The van der Waals surface area contributed by atoms with Crippen molar-refractivity contribution in [2.75, 3.05) is 13.1 Å². The van der Waals surface area contributed by atoms with E-state index in [4.69, 9.17) is 0 Å². The minimum Gasteiger partial charge on any atom is -0.340 e. The zero-order valence-corrected chi connectivity index (χ0v) is 11.5. The van der Waals surface area contributed by atoms with Gasteiger partial charge in [0.05, 0.1) is 0 Å². The molecular formula is C13H28N2O. The van der Waals surface area contributed by atoms with Gasteiger partial charge in [0, 0.05) is 25.0 Å². The summed E-state index contributed by atoms with van der Waals surface area (Å²) in [6.07, 6.45) is 2.63. The van der Waals surface area contributed by atoms with Crippen molar-refractivity contribution in [2.24, 2.45) is 0 Å². The van der Waals surface area contributed by atoms with Crippen molar-refractivity contribution >= 4 is 5.91 Å². The molecule has 0 fully saturated rings. The van der Waals surface area contributed by atoms with Crippen molar-refractivity contribution in [1.82, 2.24) is 10.2 Å². The second-order valence-corrected chi connectivity index (χ2v) is 4.65. The molecule has 0 saturated heterocycles. The van der Waals surface area contributed by atoms with E-state index in [-0.39, 0.29) is 0 Å². The van der Waals surface area contributed by atoms with Gasteiger partial charge in [0.15, 0.2) is 0 Å². The van der Waals surface area contributed by atoms with Crippen LogP contribution in [0, 0.1) is 0 Å². The van der Waals surface area contributed by atoms with Gasteiger partial charge in [-0.05, 0) is 33.2 Å². The molecule has 0 aromatic carbocycles. The number of amides is 1. The van der Waals surface area contributed by atoms with Crippen LogP contribution in [0.25, 0.3) is 0 Å². The number of nitrogens with zero attached hydrogens (tertiary/aromatic N) is 1. The molecule has 0 heterocycles. The lowest BCUT2D eigenvalue weighted by Crippen LogP contribution is -2.38. The van der Waals surface area contributed by atoms with Crippen LogP contribution in [0.3, 0.4) is 0 Å². The van der Waals surface area contributed by atoms with Crippen molar-refractivity contribution in [3.05, 3.63) is 0 Å². The monoisotopic (exact) mass is 228 g/mol. The zero-order chi connectivity index (χ0) is 12.6. The van der Waals surface area contributed by atoms with Crippen LogP contribution in [0.2, 0.25) is 0 Å². The van der Waals surface area contributed by atoms with E-state index >= 15 is 0 Å². The number of carbonyl (C=O) groups is 1. The van der Waals surface area contributed by atoms with Gasteiger partial charge in [-0.3, -0.25) is 4.79 Å². The van der Waals surface area contributed by atoms with E-state index in [0.717, 1.165) is 25.9 Å². The molecule has 0 aliphatic carbocycles. The average molecular weight is 228 g/mol. The first-order valence-corrected chi connectivity index (χ1v) is 6.55. The molecule has 1 N–H and O–H groups in total. The highest BCUT2D eigenvalue weighted by Gasteiger charge is 2.15. The Balaban J connectivity index is 3.84. The molecule has 1 atom stereocenters. The number of rotatable bonds is 8. The zero-order valence-electron chi connectivity index (χ0n) is 11.5. The minimum atomic E-state index is 0.294. The van der Waals surface area contributed by atoms with E-state index in [1.54, 1.807) is 0 Å². The lowest BCUT2D eigenvalue weighted by Gasteiger charge is -2.27. The Morgan fingerprint density at radius 2 is 1.88 bits per heavy atom. The van der Waals surface area contributed by atoms with E-state index in [2.05, 4.69) is 39.9 Å². The lowest BCUT2D eigenvalue weighted by atomic mass is 10.2. The minimum absolute atomic E-state index is 0.294. The molecule has 1 unspecified atom stereocenters. The van der Waals surface area contributed by atoms with E-state index < -0.39 is 0 Å². The summed E-state index contributed by atoms with van der Waals surface area (Å²) in [5, 5.41) is 3.33. The van der Waals surface area contributed by atoms with Crippen LogP contribution in [0.4, 0.5) is 0 Å². The summed E-state index contributed by atoms with van der Waals surface area (Å²) in [5.74, 6) is 0.294. The maximum Gasteiger partial charge on any atom is 0.222 e. The molecule has 0 aromatic heterocycles. The molecule has 0 bridgehead atoms. The smallest absolute Gasteiger partial charge is 0.222 e. The van der Waals surface area contributed by atoms with Crippen molar-refractivity contribution in [3.63, 3.8) is 0 Å². The lowest BCUT2D eigenvalue weighted by molar-refractivity contribution is -0.133. The second kappa shape index (κ2) is 8.57. The van der Waals surface area contributed by atoms with Gasteiger partial charge >= 0.3 is 0 Å². The van der Waals surface area contributed by atoms with Crippen LogP contribution in [-0.4, -0.2) is 36.0 Å². The van der Waals surface area contributed by atoms with Crippen molar-refractivity contribution in [1.29, 1.82) is 0 Å². The fourth-order valence-electron chi connectivity index (χ4n) is 1.73. The van der Waals surface area contributed by atoms with Crippen LogP contribution < -0.4 is 5.32 Å². The molecule has 0 rings (SSSR count). The van der Waals surface area contributed by atoms with Crippen LogP contribution in [0.15, 0.2) is 0 Å². The Morgan fingerprint density at radius 3 is 2.31 bits per heavy atom. The molecule has 0 aromatic rings. The standard InChI is InChI=1S/C13H28N2O/c1-6-12(5)15(7-2)13(16)9-8-10-14-11(3)4/h11-12,14H,6-10H2,1-5H3. The predicted molar refractivity (Wildman–Crippen MR) is 69.5 cm³/mol. The highest BCUT2D eigenvalue weighted by molar-refractivity contribution is 5.76. The molecule has 0 spiro atoms. The highest BCUT2D eigenvalue weighted by atomic mass is 16.2. The number of carbonyl (C=O) groups excluding carboxylic acids is 1. The Hall–Kier alpha value is -0.570. The molecule has 16 heavy (non-hydrogen) atoms. The fraction of sp³-hybridized carbons (Fsp3) is 0.923. The van der Waals surface area contributed by atoms with E-state index in [1.807, 2.05) is 4.90 Å². The number of hydrogen-bond donors (Lipinski definition) is 1. The molecule has 96 valence electrons. The summed E-state index contributed by atoms with van der Waals surface area (Å²) >= 11 is 0. The third-order valence-corrected chi connectivity index (χ3v) is 2.90. The summed E-state index contributed by atoms with van der Waals surface area (Å²) in [4.78, 5) is 13.9. The summed E-state index contributed by atoms with van der Waals surface area (Å²) < 4.78 is 0. The van der Waals surface area contributed by atoms with E-state index in [0.29, 0.717) is 24.4 Å². The van der Waals surface area contributed by atoms with Crippen LogP contribution in [-0.2, 0) is 4.79 Å². The van der Waals surface area contributed by atoms with Gasteiger partial charge in [0.2, 0.25) is 5.91 Å². The molecule has 0 saturated carbocycles. The summed E-state index contributed by atoms with van der Waals surface area (Å²) in [6.45, 7) is 12.3. The first-order chi connectivity index (χ1) is 7.52. The molecule has 3 nitrogen and oxygen atoms in total. The van der Waals surface area contributed by atoms with E-state index in [1.165, 1.54) is 0 Å². The maximum absolute atomic E-state index is 11.9. The van der Waals surface area contributed by atoms with Crippen LogP contribution in [0.5, 0.6) is 0 Å². The summed E-state index contributed by atoms with van der Waals surface area (Å²) in [5.41, 5.74) is 0. The molecular weight excluding hydrogens is 200 g/mol. The Morgan fingerprint density at radius 1 is 1.25 bits per heavy atom. The average Bonchev–Trinajstić information content (AvgIpc) is 2.24. The summed E-state index contributed by atoms with van der Waals surface area (Å²) in [6, 6.07) is 0.877. The Bertz CT molecular complexity index is 192. The van der Waals surface area contributed by atoms with Gasteiger partial charge in [0.1, 0.15) is 0 Å². The van der Waals surface area contributed by atoms with Gasteiger partial charge in [-0.2, -0.15) is 0 Å². The van der Waals surface area contributed by atoms with Gasteiger partial charge < -0.3 is 10.2 Å². The van der Waals surface area contributed by atoms with E-state index in [9.17, 15) is 4.79 Å². The molecule has 3 heteroatoms. The third-order valence-electron chi connectivity index (χ3n) is 2.90. The molecule has 1 amide bonds. The predicted octanol–water partition coefficient (Wildman–Crippen LogP) is 2.41. The maximum atomic E-state index is 11.9. The van der Waals surface area contributed by atoms with Crippen molar-refractivity contribution in [2.45, 2.75) is 66.0 Å². The Kier molecular flexibility index (Phi) is 8.26. The van der Waals surface area contributed by atoms with Gasteiger partial charge in [-0.25, -0.2) is 0 Å². The second-order valence-electron chi connectivity index (χ2n) is 4.65. The molecule has 0 radical (unpaired) electrons. The molecule has 0 aliphatic heterocycles.